The summed E-state index contributed by atoms with van der Waals surface area (Å²) >= 11 is 5.80. The van der Waals surface area contributed by atoms with E-state index in [-0.39, 0.29) is 15.5 Å². The highest BCUT2D eigenvalue weighted by molar-refractivity contribution is 7.89. The zero-order valence-electron chi connectivity index (χ0n) is 15.5. The van der Waals surface area contributed by atoms with Gasteiger partial charge in [-0.1, -0.05) is 23.7 Å². The second-order valence-electron chi connectivity index (χ2n) is 7.47. The Hall–Kier alpha value is -2.35. The summed E-state index contributed by atoms with van der Waals surface area (Å²) in [5.74, 6) is -0.631. The van der Waals surface area contributed by atoms with Crippen molar-refractivity contribution in [2.24, 2.45) is 0 Å². The standard InChI is InChI=1S/C21H19ClFN3O2S/c22-16-14-15(7-8-17(16)23)29(27,28)25-12-9-21(10-13-25)20-6-3-11-26(20)19-5-2-1-4-18(19)24-21/h1-8,11,14,24H,9-10,12-13H2. The molecule has 0 aliphatic carbocycles. The van der Waals surface area contributed by atoms with E-state index < -0.39 is 15.8 Å². The van der Waals surface area contributed by atoms with Gasteiger partial charge in [0.2, 0.25) is 10.0 Å². The number of hydrogen-bond acceptors (Lipinski definition) is 3. The lowest BCUT2D eigenvalue weighted by atomic mass is 9.83. The maximum atomic E-state index is 13.4. The maximum Gasteiger partial charge on any atom is 0.243 e. The molecule has 0 saturated carbocycles. The van der Waals surface area contributed by atoms with Crippen LogP contribution in [0.2, 0.25) is 5.02 Å². The molecule has 1 saturated heterocycles. The number of aromatic nitrogens is 1. The number of nitrogens with zero attached hydrogens (tertiary/aromatic N) is 2. The molecule has 2 aliphatic rings. The summed E-state index contributed by atoms with van der Waals surface area (Å²) in [6.45, 7) is 0.718. The average molecular weight is 432 g/mol. The summed E-state index contributed by atoms with van der Waals surface area (Å²) in [5.41, 5.74) is 2.94. The van der Waals surface area contributed by atoms with Crippen molar-refractivity contribution < 1.29 is 12.8 Å². The molecule has 29 heavy (non-hydrogen) atoms. The molecule has 3 aromatic rings. The van der Waals surface area contributed by atoms with Crippen LogP contribution in [0, 0.1) is 5.82 Å². The third-order valence-corrected chi connectivity index (χ3v) is 8.07. The fourth-order valence-electron chi connectivity index (χ4n) is 4.37. The number of benzene rings is 2. The number of rotatable bonds is 2. The molecule has 2 aromatic carbocycles. The molecule has 5 nitrogen and oxygen atoms in total. The molecule has 0 amide bonds. The van der Waals surface area contributed by atoms with Crippen molar-refractivity contribution in [1.29, 1.82) is 0 Å². The molecule has 0 unspecified atom stereocenters. The third-order valence-electron chi connectivity index (χ3n) is 5.88. The van der Waals surface area contributed by atoms with Crippen molar-refractivity contribution in [3.8, 4) is 5.69 Å². The van der Waals surface area contributed by atoms with Crippen LogP contribution >= 0.6 is 11.6 Å². The Morgan fingerprint density at radius 3 is 2.55 bits per heavy atom. The number of para-hydroxylation sites is 2. The number of halogens is 2. The quantitative estimate of drug-likeness (QED) is 0.655. The van der Waals surface area contributed by atoms with Gasteiger partial charge in [0.25, 0.3) is 0 Å². The summed E-state index contributed by atoms with van der Waals surface area (Å²) in [6.07, 6.45) is 3.29. The zero-order chi connectivity index (χ0) is 20.2. The topological polar surface area (TPSA) is 54.3 Å². The summed E-state index contributed by atoms with van der Waals surface area (Å²) in [4.78, 5) is 0.0187. The summed E-state index contributed by atoms with van der Waals surface area (Å²) in [5, 5.41) is 3.48. The zero-order valence-corrected chi connectivity index (χ0v) is 17.0. The van der Waals surface area contributed by atoms with E-state index in [2.05, 4.69) is 22.0 Å². The number of fused-ring (bicyclic) bond motifs is 4. The van der Waals surface area contributed by atoms with E-state index in [1.807, 2.05) is 30.5 Å². The Morgan fingerprint density at radius 2 is 1.79 bits per heavy atom. The Kier molecular flexibility index (Phi) is 4.24. The van der Waals surface area contributed by atoms with Crippen LogP contribution in [-0.4, -0.2) is 30.4 Å². The Labute approximate surface area is 173 Å². The van der Waals surface area contributed by atoms with E-state index in [9.17, 15) is 12.8 Å². The van der Waals surface area contributed by atoms with E-state index in [1.54, 1.807) is 0 Å². The van der Waals surface area contributed by atoms with Crippen LogP contribution in [0.25, 0.3) is 5.69 Å². The van der Waals surface area contributed by atoms with Gasteiger partial charge in [0.15, 0.2) is 0 Å². The van der Waals surface area contributed by atoms with Crippen LogP contribution in [0.5, 0.6) is 0 Å². The Morgan fingerprint density at radius 1 is 1.03 bits per heavy atom. The van der Waals surface area contributed by atoms with Gasteiger partial charge >= 0.3 is 0 Å². The molecule has 0 radical (unpaired) electrons. The molecule has 0 atom stereocenters. The van der Waals surface area contributed by atoms with Crippen molar-refractivity contribution in [3.63, 3.8) is 0 Å². The van der Waals surface area contributed by atoms with E-state index in [0.29, 0.717) is 25.9 Å². The van der Waals surface area contributed by atoms with Gasteiger partial charge in [0.1, 0.15) is 5.82 Å². The van der Waals surface area contributed by atoms with E-state index in [1.165, 1.54) is 16.4 Å². The smallest absolute Gasteiger partial charge is 0.243 e. The van der Waals surface area contributed by atoms with Gasteiger partial charge in [-0.15, -0.1) is 0 Å². The molecule has 3 heterocycles. The first-order valence-electron chi connectivity index (χ1n) is 9.41. The fraction of sp³-hybridized carbons (Fsp3) is 0.238. The first kappa shape index (κ1) is 18.7. The van der Waals surface area contributed by atoms with Crippen LogP contribution in [0.3, 0.4) is 0 Å². The van der Waals surface area contributed by atoms with Crippen LogP contribution in [0.4, 0.5) is 10.1 Å². The highest BCUT2D eigenvalue weighted by atomic mass is 35.5. The highest BCUT2D eigenvalue weighted by Gasteiger charge is 2.43. The number of sulfonamides is 1. The van der Waals surface area contributed by atoms with E-state index in [0.717, 1.165) is 23.1 Å². The van der Waals surface area contributed by atoms with Gasteiger partial charge in [-0.05, 0) is 55.3 Å². The minimum absolute atomic E-state index is 0.0187. The van der Waals surface area contributed by atoms with Gasteiger partial charge in [-0.25, -0.2) is 12.8 Å². The SMILES string of the molecule is O=S(=O)(c1ccc(F)c(Cl)c1)N1CCC2(CC1)Nc1ccccc1-n1cccc12. The minimum Gasteiger partial charge on any atom is -0.372 e. The largest absolute Gasteiger partial charge is 0.372 e. The van der Waals surface area contributed by atoms with E-state index >= 15 is 0 Å². The summed E-state index contributed by atoms with van der Waals surface area (Å²) in [7, 11) is -3.73. The van der Waals surface area contributed by atoms with Gasteiger partial charge in [-0.2, -0.15) is 4.31 Å². The number of hydrogen-bond donors (Lipinski definition) is 1. The summed E-state index contributed by atoms with van der Waals surface area (Å²) < 4.78 is 43.2. The Bertz CT molecular complexity index is 1200. The Balaban J connectivity index is 1.44. The van der Waals surface area contributed by atoms with Crippen LogP contribution in [-0.2, 0) is 15.6 Å². The number of piperidine rings is 1. The van der Waals surface area contributed by atoms with Crippen molar-refractivity contribution in [2.75, 3.05) is 18.4 Å². The predicted molar refractivity (Wildman–Crippen MR) is 110 cm³/mol. The average Bonchev–Trinajstić information content (AvgIpc) is 3.22. The first-order chi connectivity index (χ1) is 13.9. The van der Waals surface area contributed by atoms with Gasteiger partial charge < -0.3 is 9.88 Å². The van der Waals surface area contributed by atoms with Crippen molar-refractivity contribution in [2.45, 2.75) is 23.3 Å². The molecule has 8 heteroatoms. The third kappa shape index (κ3) is 2.87. The van der Waals surface area contributed by atoms with Gasteiger partial charge in [0.05, 0.1) is 26.8 Å². The molecule has 1 spiro atoms. The molecule has 1 N–H and O–H groups in total. The van der Waals surface area contributed by atoms with Crippen molar-refractivity contribution in [1.82, 2.24) is 8.87 Å². The number of nitrogens with one attached hydrogen (secondary N) is 1. The fourth-order valence-corrected chi connectivity index (χ4v) is 6.08. The van der Waals surface area contributed by atoms with Gasteiger partial charge in [-0.3, -0.25) is 0 Å². The molecule has 5 rings (SSSR count). The van der Waals surface area contributed by atoms with E-state index in [4.69, 9.17) is 11.6 Å². The van der Waals surface area contributed by atoms with Crippen LogP contribution in [0.1, 0.15) is 18.5 Å². The minimum atomic E-state index is -3.73. The number of anilines is 1. The summed E-state index contributed by atoms with van der Waals surface area (Å²) in [6, 6.07) is 15.7. The molecular formula is C21H19ClFN3O2S. The lowest BCUT2D eigenvalue weighted by molar-refractivity contribution is 0.247. The second kappa shape index (κ2) is 6.58. The molecule has 1 fully saturated rings. The van der Waals surface area contributed by atoms with Crippen LogP contribution in [0.15, 0.2) is 65.7 Å². The molecule has 2 aliphatic heterocycles. The monoisotopic (exact) mass is 431 g/mol. The molecule has 0 bridgehead atoms. The molecular weight excluding hydrogens is 413 g/mol. The first-order valence-corrected chi connectivity index (χ1v) is 11.2. The normalized spacial score (nSPS) is 18.1. The maximum absolute atomic E-state index is 13.4. The van der Waals surface area contributed by atoms with Crippen molar-refractivity contribution in [3.05, 3.63) is 77.3 Å². The van der Waals surface area contributed by atoms with Crippen molar-refractivity contribution >= 4 is 27.3 Å². The lowest BCUT2D eigenvalue weighted by Gasteiger charge is -2.45. The molecule has 150 valence electrons. The van der Waals surface area contributed by atoms with Gasteiger partial charge in [0, 0.05) is 25.0 Å². The molecule has 1 aromatic heterocycles. The second-order valence-corrected chi connectivity index (χ2v) is 9.81. The van der Waals surface area contributed by atoms with Crippen LogP contribution < -0.4 is 5.32 Å². The predicted octanol–water partition coefficient (Wildman–Crippen LogP) is 4.38. The lowest BCUT2D eigenvalue weighted by Crippen LogP contribution is -2.50. The highest BCUT2D eigenvalue weighted by Crippen LogP contribution is 2.44.